The standard InChI is InChI=1S/C9H14N2O/c1-3-8(2)5-11-6-9(7-12)4-10-11/h4,6-8H,3,5H2,1-2H3. The maximum atomic E-state index is 10.3. The molecule has 0 aliphatic carbocycles. The van der Waals surface area contributed by atoms with Gasteiger partial charge in [-0.05, 0) is 5.92 Å². The second kappa shape index (κ2) is 4.04. The molecule has 3 heteroatoms. The molecule has 0 amide bonds. The fourth-order valence-corrected chi connectivity index (χ4v) is 0.989. The second-order valence-corrected chi connectivity index (χ2v) is 3.13. The molecule has 0 bridgehead atoms. The van der Waals surface area contributed by atoms with Crippen LogP contribution in [0.3, 0.4) is 0 Å². The molecule has 1 unspecified atom stereocenters. The Kier molecular flexibility index (Phi) is 3.02. The highest BCUT2D eigenvalue weighted by Gasteiger charge is 2.01. The lowest BCUT2D eigenvalue weighted by Gasteiger charge is -2.06. The number of aldehydes is 1. The Morgan fingerprint density at radius 2 is 2.50 bits per heavy atom. The third kappa shape index (κ3) is 2.19. The highest BCUT2D eigenvalue weighted by molar-refractivity contribution is 5.73. The van der Waals surface area contributed by atoms with Crippen LogP contribution in [0, 0.1) is 5.92 Å². The van der Waals surface area contributed by atoms with E-state index in [-0.39, 0.29) is 0 Å². The molecule has 1 rings (SSSR count). The van der Waals surface area contributed by atoms with Gasteiger partial charge in [-0.2, -0.15) is 5.10 Å². The average Bonchev–Trinajstić information content (AvgIpc) is 2.52. The molecule has 1 aromatic rings. The predicted octanol–water partition coefficient (Wildman–Crippen LogP) is 1.74. The van der Waals surface area contributed by atoms with Crippen molar-refractivity contribution in [3.05, 3.63) is 18.0 Å². The normalized spacial score (nSPS) is 12.8. The number of aromatic nitrogens is 2. The Morgan fingerprint density at radius 3 is 3.00 bits per heavy atom. The van der Waals surface area contributed by atoms with Crippen molar-refractivity contribution < 1.29 is 4.79 Å². The smallest absolute Gasteiger partial charge is 0.153 e. The van der Waals surface area contributed by atoms with Crippen molar-refractivity contribution in [2.45, 2.75) is 26.8 Å². The van der Waals surface area contributed by atoms with Gasteiger partial charge in [0.25, 0.3) is 0 Å². The molecule has 1 aromatic heterocycles. The van der Waals surface area contributed by atoms with Crippen LogP contribution < -0.4 is 0 Å². The maximum Gasteiger partial charge on any atom is 0.153 e. The largest absolute Gasteiger partial charge is 0.298 e. The van der Waals surface area contributed by atoms with Crippen LogP contribution >= 0.6 is 0 Å². The summed E-state index contributed by atoms with van der Waals surface area (Å²) in [5.41, 5.74) is 0.651. The molecule has 0 spiro atoms. The van der Waals surface area contributed by atoms with E-state index in [0.29, 0.717) is 11.5 Å². The minimum absolute atomic E-state index is 0.615. The quantitative estimate of drug-likeness (QED) is 0.638. The molecule has 3 nitrogen and oxygen atoms in total. The van der Waals surface area contributed by atoms with Crippen molar-refractivity contribution in [1.82, 2.24) is 9.78 Å². The van der Waals surface area contributed by atoms with Crippen molar-refractivity contribution in [3.8, 4) is 0 Å². The Balaban J connectivity index is 2.57. The van der Waals surface area contributed by atoms with Crippen molar-refractivity contribution >= 4 is 6.29 Å². The van der Waals surface area contributed by atoms with Gasteiger partial charge in [0.2, 0.25) is 0 Å². The number of rotatable bonds is 4. The zero-order chi connectivity index (χ0) is 8.97. The average molecular weight is 166 g/mol. The van der Waals surface area contributed by atoms with Crippen molar-refractivity contribution in [1.29, 1.82) is 0 Å². The first kappa shape index (κ1) is 8.97. The fourth-order valence-electron chi connectivity index (χ4n) is 0.989. The Hall–Kier alpha value is -1.12. The maximum absolute atomic E-state index is 10.3. The minimum atomic E-state index is 0.615. The molecule has 1 atom stereocenters. The number of hydrogen-bond donors (Lipinski definition) is 0. The van der Waals surface area contributed by atoms with E-state index in [1.54, 1.807) is 12.4 Å². The summed E-state index contributed by atoms with van der Waals surface area (Å²) in [5.74, 6) is 0.615. The van der Waals surface area contributed by atoms with Crippen LogP contribution in [0.4, 0.5) is 0 Å². The summed E-state index contributed by atoms with van der Waals surface area (Å²) >= 11 is 0. The van der Waals surface area contributed by atoms with E-state index >= 15 is 0 Å². The third-order valence-electron chi connectivity index (χ3n) is 1.98. The molecule has 1 heterocycles. The Morgan fingerprint density at radius 1 is 1.75 bits per heavy atom. The van der Waals surface area contributed by atoms with Crippen LogP contribution in [0.15, 0.2) is 12.4 Å². The molecule has 0 aliphatic heterocycles. The van der Waals surface area contributed by atoms with Crippen molar-refractivity contribution in [3.63, 3.8) is 0 Å². The molecule has 0 saturated heterocycles. The lowest BCUT2D eigenvalue weighted by atomic mass is 10.1. The van der Waals surface area contributed by atoms with Crippen LogP contribution in [0.5, 0.6) is 0 Å². The van der Waals surface area contributed by atoms with E-state index in [2.05, 4.69) is 18.9 Å². The molecular formula is C9H14N2O. The zero-order valence-corrected chi connectivity index (χ0v) is 7.53. The molecule has 12 heavy (non-hydrogen) atoms. The van der Waals surface area contributed by atoms with E-state index in [4.69, 9.17) is 0 Å². The Bertz CT molecular complexity index is 255. The molecule has 0 fully saturated rings. The highest BCUT2D eigenvalue weighted by Crippen LogP contribution is 2.04. The van der Waals surface area contributed by atoms with Crippen LogP contribution in [0.1, 0.15) is 30.6 Å². The Labute approximate surface area is 72.4 Å². The van der Waals surface area contributed by atoms with Gasteiger partial charge < -0.3 is 0 Å². The first-order valence-corrected chi connectivity index (χ1v) is 4.24. The molecule has 0 saturated carbocycles. The van der Waals surface area contributed by atoms with Crippen LogP contribution in [0.2, 0.25) is 0 Å². The predicted molar refractivity (Wildman–Crippen MR) is 47.1 cm³/mol. The van der Waals surface area contributed by atoms with Gasteiger partial charge in [-0.15, -0.1) is 0 Å². The van der Waals surface area contributed by atoms with Crippen LogP contribution in [-0.4, -0.2) is 16.1 Å². The molecule has 0 N–H and O–H groups in total. The number of carbonyl (C=O) groups excluding carboxylic acids is 1. The monoisotopic (exact) mass is 166 g/mol. The molecule has 0 aliphatic rings. The summed E-state index contributed by atoms with van der Waals surface area (Å²) in [5, 5.41) is 4.06. The van der Waals surface area contributed by atoms with Crippen molar-refractivity contribution in [2.75, 3.05) is 0 Å². The lowest BCUT2D eigenvalue weighted by molar-refractivity contribution is 0.112. The fraction of sp³-hybridized carbons (Fsp3) is 0.556. The van der Waals surface area contributed by atoms with Gasteiger partial charge in [-0.1, -0.05) is 20.3 Å². The van der Waals surface area contributed by atoms with E-state index in [9.17, 15) is 4.79 Å². The zero-order valence-electron chi connectivity index (χ0n) is 7.53. The van der Waals surface area contributed by atoms with Gasteiger partial charge >= 0.3 is 0 Å². The lowest BCUT2D eigenvalue weighted by Crippen LogP contribution is -2.06. The SMILES string of the molecule is CCC(C)Cn1cc(C=O)cn1. The summed E-state index contributed by atoms with van der Waals surface area (Å²) in [6.45, 7) is 5.21. The van der Waals surface area contributed by atoms with Gasteiger partial charge in [0.1, 0.15) is 0 Å². The van der Waals surface area contributed by atoms with Crippen molar-refractivity contribution in [2.24, 2.45) is 5.92 Å². The molecule has 66 valence electrons. The third-order valence-corrected chi connectivity index (χ3v) is 1.98. The summed E-state index contributed by atoms with van der Waals surface area (Å²) in [6.07, 6.45) is 5.32. The first-order valence-electron chi connectivity index (χ1n) is 4.24. The summed E-state index contributed by atoms with van der Waals surface area (Å²) in [6, 6.07) is 0. The minimum Gasteiger partial charge on any atom is -0.298 e. The van der Waals surface area contributed by atoms with Gasteiger partial charge in [0.05, 0.1) is 11.8 Å². The number of hydrogen-bond acceptors (Lipinski definition) is 2. The van der Waals surface area contributed by atoms with Crippen LogP contribution in [0.25, 0.3) is 0 Å². The van der Waals surface area contributed by atoms with Gasteiger partial charge in [0.15, 0.2) is 6.29 Å². The number of nitrogens with zero attached hydrogens (tertiary/aromatic N) is 2. The summed E-state index contributed by atoms with van der Waals surface area (Å²) < 4.78 is 1.82. The second-order valence-electron chi connectivity index (χ2n) is 3.13. The first-order chi connectivity index (χ1) is 5.76. The molecule has 0 aromatic carbocycles. The molecule has 0 radical (unpaired) electrons. The van der Waals surface area contributed by atoms with E-state index in [0.717, 1.165) is 19.3 Å². The van der Waals surface area contributed by atoms with Gasteiger partial charge in [-0.25, -0.2) is 0 Å². The number of carbonyl (C=O) groups is 1. The topological polar surface area (TPSA) is 34.9 Å². The van der Waals surface area contributed by atoms with E-state index in [1.165, 1.54) is 0 Å². The van der Waals surface area contributed by atoms with E-state index < -0.39 is 0 Å². The van der Waals surface area contributed by atoms with Gasteiger partial charge in [0, 0.05) is 12.7 Å². The van der Waals surface area contributed by atoms with Gasteiger partial charge in [-0.3, -0.25) is 9.48 Å². The molecular weight excluding hydrogens is 152 g/mol. The van der Waals surface area contributed by atoms with E-state index in [1.807, 2.05) is 4.68 Å². The van der Waals surface area contributed by atoms with Crippen LogP contribution in [-0.2, 0) is 6.54 Å². The summed E-state index contributed by atoms with van der Waals surface area (Å²) in [7, 11) is 0. The summed E-state index contributed by atoms with van der Waals surface area (Å²) in [4.78, 5) is 10.3. The highest BCUT2D eigenvalue weighted by atomic mass is 16.1.